The van der Waals surface area contributed by atoms with E-state index in [-0.39, 0.29) is 11.6 Å². The number of halogens is 4. The number of hydrogen-bond donors (Lipinski definition) is 1. The first-order valence-electron chi connectivity index (χ1n) is 9.37. The highest BCUT2D eigenvalue weighted by atomic mass is 19.4. The van der Waals surface area contributed by atoms with Crippen LogP contribution in [-0.4, -0.2) is 37.1 Å². The van der Waals surface area contributed by atoms with Crippen molar-refractivity contribution in [2.45, 2.75) is 6.18 Å². The molecule has 8 heteroatoms. The van der Waals surface area contributed by atoms with E-state index in [4.69, 9.17) is 4.74 Å². The van der Waals surface area contributed by atoms with Crippen molar-refractivity contribution in [3.8, 4) is 0 Å². The van der Waals surface area contributed by atoms with Gasteiger partial charge in [-0.15, -0.1) is 0 Å². The molecular weight excluding hydrogens is 400 g/mol. The smallest absolute Gasteiger partial charge is 0.378 e. The molecule has 0 radical (unpaired) electrons. The maximum absolute atomic E-state index is 13.6. The van der Waals surface area contributed by atoms with Crippen LogP contribution >= 0.6 is 0 Å². The van der Waals surface area contributed by atoms with Crippen molar-refractivity contribution in [1.29, 1.82) is 0 Å². The molecule has 3 aromatic carbocycles. The lowest BCUT2D eigenvalue weighted by atomic mass is 10.0. The third-order valence-electron chi connectivity index (χ3n) is 5.00. The summed E-state index contributed by atoms with van der Waals surface area (Å²) < 4.78 is 57.9. The summed E-state index contributed by atoms with van der Waals surface area (Å²) in [6, 6.07) is 13.2. The number of morpholine rings is 1. The van der Waals surface area contributed by atoms with Crippen LogP contribution in [0.2, 0.25) is 0 Å². The maximum atomic E-state index is 13.6. The van der Waals surface area contributed by atoms with E-state index in [1.807, 2.05) is 0 Å². The van der Waals surface area contributed by atoms with Crippen molar-refractivity contribution in [1.82, 2.24) is 4.90 Å². The lowest BCUT2D eigenvalue weighted by molar-refractivity contribution is -0.139. The number of hydrogen-bond acceptors (Lipinski definition) is 3. The number of benzene rings is 3. The zero-order valence-electron chi connectivity index (χ0n) is 15.8. The van der Waals surface area contributed by atoms with E-state index in [0.29, 0.717) is 48.3 Å². The topological polar surface area (TPSA) is 41.6 Å². The lowest BCUT2D eigenvalue weighted by Crippen LogP contribution is -2.40. The predicted octanol–water partition coefficient (Wildman–Crippen LogP) is 5.21. The second kappa shape index (κ2) is 7.95. The molecule has 1 heterocycles. The van der Waals surface area contributed by atoms with Gasteiger partial charge in [0.15, 0.2) is 0 Å². The van der Waals surface area contributed by atoms with Crippen LogP contribution in [0.3, 0.4) is 0 Å². The van der Waals surface area contributed by atoms with E-state index in [0.717, 1.165) is 12.1 Å². The molecule has 30 heavy (non-hydrogen) atoms. The minimum absolute atomic E-state index is 0.0983. The zero-order chi connectivity index (χ0) is 21.3. The van der Waals surface area contributed by atoms with Crippen molar-refractivity contribution >= 4 is 28.1 Å². The Hall–Kier alpha value is -3.13. The largest absolute Gasteiger partial charge is 0.419 e. The molecule has 4 rings (SSSR count). The number of nitrogens with one attached hydrogen (secondary N) is 1. The van der Waals surface area contributed by atoms with Crippen LogP contribution in [0.1, 0.15) is 15.9 Å². The molecule has 0 spiro atoms. The summed E-state index contributed by atoms with van der Waals surface area (Å²) in [5.74, 6) is -1.45. The molecule has 0 atom stereocenters. The second-order valence-corrected chi connectivity index (χ2v) is 6.93. The van der Waals surface area contributed by atoms with Crippen molar-refractivity contribution < 1.29 is 27.1 Å². The Morgan fingerprint density at radius 3 is 2.37 bits per heavy atom. The van der Waals surface area contributed by atoms with Crippen LogP contribution in [0.25, 0.3) is 10.8 Å². The average molecular weight is 418 g/mol. The Morgan fingerprint density at radius 1 is 0.967 bits per heavy atom. The van der Waals surface area contributed by atoms with Crippen LogP contribution in [0.4, 0.5) is 28.9 Å². The van der Waals surface area contributed by atoms with Gasteiger partial charge in [-0.3, -0.25) is 4.79 Å². The van der Waals surface area contributed by atoms with Gasteiger partial charge in [-0.1, -0.05) is 24.3 Å². The monoisotopic (exact) mass is 418 g/mol. The minimum atomic E-state index is -4.79. The quantitative estimate of drug-likeness (QED) is 0.594. The number of ether oxygens (including phenoxy) is 1. The summed E-state index contributed by atoms with van der Waals surface area (Å²) in [6.07, 6.45) is -4.79. The van der Waals surface area contributed by atoms with Crippen LogP contribution in [0.5, 0.6) is 0 Å². The van der Waals surface area contributed by atoms with E-state index >= 15 is 0 Å². The number of alkyl halides is 3. The highest BCUT2D eigenvalue weighted by Gasteiger charge is 2.34. The van der Waals surface area contributed by atoms with Gasteiger partial charge in [0.1, 0.15) is 5.82 Å². The first-order valence-corrected chi connectivity index (χ1v) is 9.37. The summed E-state index contributed by atoms with van der Waals surface area (Å²) in [6.45, 7) is 1.97. The number of fused-ring (bicyclic) bond motifs is 1. The second-order valence-electron chi connectivity index (χ2n) is 6.93. The van der Waals surface area contributed by atoms with Crippen molar-refractivity contribution in [3.05, 3.63) is 71.5 Å². The predicted molar refractivity (Wildman–Crippen MR) is 105 cm³/mol. The summed E-state index contributed by atoms with van der Waals surface area (Å²) in [7, 11) is 0. The molecule has 1 N–H and O–H groups in total. The van der Waals surface area contributed by atoms with E-state index < -0.39 is 17.6 Å². The molecule has 3 aromatic rings. The number of carbonyl (C=O) groups is 1. The van der Waals surface area contributed by atoms with Gasteiger partial charge in [-0.05, 0) is 35.7 Å². The molecule has 1 fully saturated rings. The fraction of sp³-hybridized carbons (Fsp3) is 0.227. The molecule has 156 valence electrons. The number of anilines is 2. The zero-order valence-corrected chi connectivity index (χ0v) is 15.8. The molecule has 0 unspecified atom stereocenters. The minimum Gasteiger partial charge on any atom is -0.378 e. The third-order valence-corrected chi connectivity index (χ3v) is 5.00. The fourth-order valence-corrected chi connectivity index (χ4v) is 3.51. The number of rotatable bonds is 3. The first-order chi connectivity index (χ1) is 14.3. The van der Waals surface area contributed by atoms with Gasteiger partial charge in [-0.25, -0.2) is 4.39 Å². The molecule has 1 aliphatic heterocycles. The van der Waals surface area contributed by atoms with Crippen LogP contribution < -0.4 is 5.32 Å². The summed E-state index contributed by atoms with van der Waals surface area (Å²) in [4.78, 5) is 14.7. The van der Waals surface area contributed by atoms with E-state index in [2.05, 4.69) is 5.32 Å². The Labute approximate surface area is 170 Å². The average Bonchev–Trinajstić information content (AvgIpc) is 2.74. The van der Waals surface area contributed by atoms with E-state index in [1.165, 1.54) is 6.07 Å². The molecule has 1 aliphatic rings. The Bertz CT molecular complexity index is 1090. The molecule has 0 aliphatic carbocycles. The van der Waals surface area contributed by atoms with E-state index in [1.54, 1.807) is 41.3 Å². The molecule has 1 amide bonds. The van der Waals surface area contributed by atoms with Gasteiger partial charge in [0, 0.05) is 35.4 Å². The summed E-state index contributed by atoms with van der Waals surface area (Å²) in [5, 5.41) is 4.27. The van der Waals surface area contributed by atoms with E-state index in [9.17, 15) is 22.4 Å². The molecular formula is C22H18F4N2O2. The van der Waals surface area contributed by atoms with Crippen molar-refractivity contribution in [2.75, 3.05) is 31.6 Å². The Morgan fingerprint density at radius 2 is 1.67 bits per heavy atom. The van der Waals surface area contributed by atoms with Gasteiger partial charge in [0.2, 0.25) is 0 Å². The van der Waals surface area contributed by atoms with Crippen molar-refractivity contribution in [2.24, 2.45) is 0 Å². The number of amides is 1. The fourth-order valence-electron chi connectivity index (χ4n) is 3.51. The van der Waals surface area contributed by atoms with Crippen LogP contribution in [0, 0.1) is 5.82 Å². The number of carbonyl (C=O) groups excluding carboxylic acids is 1. The molecule has 0 bridgehead atoms. The highest BCUT2D eigenvalue weighted by Crippen LogP contribution is 2.35. The highest BCUT2D eigenvalue weighted by molar-refractivity contribution is 6.10. The van der Waals surface area contributed by atoms with Gasteiger partial charge >= 0.3 is 6.18 Å². The molecule has 1 saturated heterocycles. The molecule has 0 saturated carbocycles. The third kappa shape index (κ3) is 3.95. The first kappa shape index (κ1) is 20.2. The van der Waals surface area contributed by atoms with Gasteiger partial charge < -0.3 is 15.0 Å². The Kier molecular flexibility index (Phi) is 5.34. The Balaban J connectivity index is 1.71. The standard InChI is InChI=1S/C22H18F4N2O2/c23-19-7-5-14(13-18(19)22(24,25)26)27-20-8-6-17(15-3-1-2-4-16(15)20)21(29)28-9-11-30-12-10-28/h1-8,13,27H,9-12H2. The molecule has 0 aromatic heterocycles. The number of nitrogens with zero attached hydrogens (tertiary/aromatic N) is 1. The molecule has 4 nitrogen and oxygen atoms in total. The van der Waals surface area contributed by atoms with Crippen molar-refractivity contribution in [3.63, 3.8) is 0 Å². The van der Waals surface area contributed by atoms with Gasteiger partial charge in [-0.2, -0.15) is 13.2 Å². The van der Waals surface area contributed by atoms with Gasteiger partial charge in [0.25, 0.3) is 5.91 Å². The van der Waals surface area contributed by atoms with Crippen LogP contribution in [-0.2, 0) is 10.9 Å². The maximum Gasteiger partial charge on any atom is 0.419 e. The summed E-state index contributed by atoms with van der Waals surface area (Å²) >= 11 is 0. The lowest BCUT2D eigenvalue weighted by Gasteiger charge is -2.27. The normalized spacial score (nSPS) is 14.7. The SMILES string of the molecule is O=C(c1ccc(Nc2ccc(F)c(C(F)(F)F)c2)c2ccccc12)N1CCOCC1. The summed E-state index contributed by atoms with van der Waals surface area (Å²) in [5.41, 5.74) is -0.214. The van der Waals surface area contributed by atoms with Crippen LogP contribution in [0.15, 0.2) is 54.6 Å². The van der Waals surface area contributed by atoms with Gasteiger partial charge in [0.05, 0.1) is 18.8 Å².